The van der Waals surface area contributed by atoms with E-state index >= 15 is 0 Å². The van der Waals surface area contributed by atoms with E-state index in [1.165, 1.54) is 0 Å². The van der Waals surface area contributed by atoms with Crippen LogP contribution < -0.4 is 0 Å². The number of unbranched alkanes of at least 4 members (excludes halogenated alkanes) is 5. The minimum atomic E-state index is -1.54. The van der Waals surface area contributed by atoms with Gasteiger partial charge in [-0.25, -0.2) is 4.79 Å². The number of likely N-dealkylation sites (N-methyl/N-ethyl adjacent to an activating group) is 1. The second-order valence-electron chi connectivity index (χ2n) is 15.6. The second-order valence-corrected chi connectivity index (χ2v) is 15.6. The van der Waals surface area contributed by atoms with Crippen molar-refractivity contribution in [1.29, 1.82) is 0 Å². The van der Waals surface area contributed by atoms with Gasteiger partial charge in [-0.05, 0) is 83.5 Å². The second kappa shape index (κ2) is 42.4. The van der Waals surface area contributed by atoms with E-state index in [2.05, 4.69) is 117 Å². The largest absolute Gasteiger partial charge is 0.477 e. The Morgan fingerprint density at radius 1 is 0.508 bits per heavy atom. The van der Waals surface area contributed by atoms with E-state index in [1.807, 2.05) is 33.3 Å². The molecule has 0 aromatic carbocycles. The minimum Gasteiger partial charge on any atom is -0.477 e. The zero-order valence-corrected chi connectivity index (χ0v) is 38.5. The Morgan fingerprint density at radius 2 is 0.934 bits per heavy atom. The van der Waals surface area contributed by atoms with Crippen LogP contribution in [-0.2, 0) is 33.3 Å². The summed E-state index contributed by atoms with van der Waals surface area (Å²) in [5.41, 5.74) is 0. The molecule has 342 valence electrons. The summed E-state index contributed by atoms with van der Waals surface area (Å²) in [6, 6.07) is 0. The number of quaternary nitrogens is 1. The lowest BCUT2D eigenvalue weighted by atomic mass is 10.1. The molecule has 1 N–H and O–H groups in total. The molecule has 9 nitrogen and oxygen atoms in total. The maximum absolute atomic E-state index is 12.8. The molecule has 0 saturated heterocycles. The fourth-order valence-corrected chi connectivity index (χ4v) is 5.29. The van der Waals surface area contributed by atoms with Crippen LogP contribution in [-0.4, -0.2) is 87.4 Å². The van der Waals surface area contributed by atoms with Gasteiger partial charge in [0.05, 0.1) is 40.8 Å². The standard InChI is InChI=1S/C52H81NO8/c1-6-8-10-12-14-16-18-20-22-23-24-25-26-27-29-31-33-35-37-39-41-43-50(55)61-48(47-60-52(51(56)57)58-45-44-53(3,4)5)46-59-49(54)42-40-38-36-34-32-30-28-21-19-17-15-13-11-9-7-2/h8-11,14-17,20-22,24-25,27-29,32,34,38,40,48,52H,6-7,12-13,18-19,23,26,30-31,33,35-37,39,41-47H2,1-5H3/p+1/b10-8-,11-9-,16-14-,17-15-,22-20-,25-24-,28-21-,29-27-,34-32-,40-38-. The molecule has 0 amide bonds. The number of hydrogen-bond acceptors (Lipinski definition) is 7. The predicted molar refractivity (Wildman–Crippen MR) is 253 cm³/mol. The quantitative estimate of drug-likeness (QED) is 0.0214. The van der Waals surface area contributed by atoms with Crippen LogP contribution in [0.4, 0.5) is 0 Å². The van der Waals surface area contributed by atoms with Crippen molar-refractivity contribution < 1.29 is 42.9 Å². The molecule has 61 heavy (non-hydrogen) atoms. The molecule has 0 heterocycles. The molecular weight excluding hydrogens is 767 g/mol. The van der Waals surface area contributed by atoms with Gasteiger partial charge in [-0.1, -0.05) is 155 Å². The summed E-state index contributed by atoms with van der Waals surface area (Å²) in [5.74, 6) is -2.22. The molecule has 0 aliphatic rings. The molecule has 0 aliphatic carbocycles. The Hall–Kier alpha value is -4.31. The summed E-state index contributed by atoms with van der Waals surface area (Å²) >= 11 is 0. The lowest BCUT2D eigenvalue weighted by Gasteiger charge is -2.25. The van der Waals surface area contributed by atoms with Gasteiger partial charge >= 0.3 is 17.9 Å². The molecule has 0 aromatic rings. The van der Waals surface area contributed by atoms with Gasteiger partial charge in [-0.3, -0.25) is 9.59 Å². The molecule has 2 atom stereocenters. The van der Waals surface area contributed by atoms with Gasteiger partial charge in [-0.2, -0.15) is 0 Å². The fraction of sp³-hybridized carbons (Fsp3) is 0.558. The number of carbonyl (C=O) groups excluding carboxylic acids is 2. The van der Waals surface area contributed by atoms with Gasteiger partial charge in [-0.15, -0.1) is 0 Å². The zero-order valence-electron chi connectivity index (χ0n) is 38.5. The third-order valence-electron chi connectivity index (χ3n) is 8.75. The molecule has 0 aromatic heterocycles. The summed E-state index contributed by atoms with van der Waals surface area (Å²) in [7, 11) is 5.91. The number of allylic oxidation sites excluding steroid dienone is 19. The summed E-state index contributed by atoms with van der Waals surface area (Å²) in [6.45, 7) is 4.46. The van der Waals surface area contributed by atoms with Gasteiger partial charge in [0.25, 0.3) is 6.29 Å². The molecule has 2 unspecified atom stereocenters. The van der Waals surface area contributed by atoms with E-state index in [0.717, 1.165) is 89.9 Å². The molecule has 0 aliphatic heterocycles. The maximum atomic E-state index is 12.8. The van der Waals surface area contributed by atoms with Crippen LogP contribution in [0.1, 0.15) is 129 Å². The fourth-order valence-electron chi connectivity index (χ4n) is 5.29. The van der Waals surface area contributed by atoms with Crippen LogP contribution in [0.3, 0.4) is 0 Å². The van der Waals surface area contributed by atoms with Crippen LogP contribution in [0, 0.1) is 0 Å². The van der Waals surface area contributed by atoms with Gasteiger partial charge < -0.3 is 28.5 Å². The molecule has 0 radical (unpaired) electrons. The molecule has 0 bridgehead atoms. The van der Waals surface area contributed by atoms with Crippen molar-refractivity contribution in [1.82, 2.24) is 0 Å². The van der Waals surface area contributed by atoms with Crippen LogP contribution in [0.25, 0.3) is 0 Å². The first-order valence-electron chi connectivity index (χ1n) is 22.7. The van der Waals surface area contributed by atoms with Crippen molar-refractivity contribution in [3.63, 3.8) is 0 Å². The summed E-state index contributed by atoms with van der Waals surface area (Å²) in [4.78, 5) is 37.1. The van der Waals surface area contributed by atoms with Crippen molar-refractivity contribution in [3.05, 3.63) is 122 Å². The van der Waals surface area contributed by atoms with Gasteiger partial charge in [0.1, 0.15) is 13.2 Å². The molecule has 0 rings (SSSR count). The maximum Gasteiger partial charge on any atom is 0.361 e. The first kappa shape index (κ1) is 56.7. The first-order valence-corrected chi connectivity index (χ1v) is 22.7. The highest BCUT2D eigenvalue weighted by Gasteiger charge is 2.25. The van der Waals surface area contributed by atoms with Gasteiger partial charge in [0, 0.05) is 6.42 Å². The average molecular weight is 849 g/mol. The summed E-state index contributed by atoms with van der Waals surface area (Å²) < 4.78 is 22.6. The van der Waals surface area contributed by atoms with Crippen molar-refractivity contribution in [2.45, 2.75) is 142 Å². The number of hydrogen-bond donors (Lipinski definition) is 1. The van der Waals surface area contributed by atoms with Crippen molar-refractivity contribution >= 4 is 17.9 Å². The number of rotatable bonds is 39. The highest BCUT2D eigenvalue weighted by atomic mass is 16.7. The highest BCUT2D eigenvalue weighted by molar-refractivity contribution is 5.72. The van der Waals surface area contributed by atoms with Crippen molar-refractivity contribution in [2.75, 3.05) is 47.5 Å². The van der Waals surface area contributed by atoms with E-state index in [9.17, 15) is 19.5 Å². The first-order chi connectivity index (χ1) is 29.6. The molecule has 9 heteroatoms. The predicted octanol–water partition coefficient (Wildman–Crippen LogP) is 12.2. The van der Waals surface area contributed by atoms with Crippen molar-refractivity contribution in [3.8, 4) is 0 Å². The molecular formula is C52H82NO8+. The SMILES string of the molecule is CC/C=C\C/C=C\C/C=C\C/C=C\C/C=C\CCCCCCCC(=O)OC(COC(=O)C/C=C\C/C=C\C/C=C\C/C=C\C/C=C\CC)COC(OCC[N+](C)(C)C)C(=O)O. The number of carboxylic acids is 1. The topological polar surface area (TPSA) is 108 Å². The van der Waals surface area contributed by atoms with E-state index in [-0.39, 0.29) is 32.7 Å². The van der Waals surface area contributed by atoms with E-state index in [1.54, 1.807) is 6.08 Å². The number of aliphatic carboxylic acids is 1. The summed E-state index contributed by atoms with van der Waals surface area (Å²) in [6.07, 6.45) is 55.7. The zero-order chi connectivity index (χ0) is 44.9. The molecule has 0 fully saturated rings. The van der Waals surface area contributed by atoms with Gasteiger partial charge in [0.2, 0.25) is 0 Å². The lowest BCUT2D eigenvalue weighted by molar-refractivity contribution is -0.870. The Bertz CT molecular complexity index is 1410. The Kier molecular flexibility index (Phi) is 39.4. The number of esters is 2. The highest BCUT2D eigenvalue weighted by Crippen LogP contribution is 2.11. The van der Waals surface area contributed by atoms with Crippen molar-refractivity contribution in [2.24, 2.45) is 0 Å². The number of nitrogens with zero attached hydrogens (tertiary/aromatic N) is 1. The Balaban J connectivity index is 4.60. The van der Waals surface area contributed by atoms with Crippen LogP contribution >= 0.6 is 0 Å². The average Bonchev–Trinajstić information content (AvgIpc) is 3.22. The van der Waals surface area contributed by atoms with Crippen LogP contribution in [0.2, 0.25) is 0 Å². The normalized spacial score (nSPS) is 14.0. The third-order valence-corrected chi connectivity index (χ3v) is 8.75. The minimum absolute atomic E-state index is 0.0576. The molecule has 0 spiro atoms. The van der Waals surface area contributed by atoms with Crippen LogP contribution in [0.15, 0.2) is 122 Å². The molecule has 0 saturated carbocycles. The summed E-state index contributed by atoms with van der Waals surface area (Å²) in [5, 5.41) is 9.64. The lowest BCUT2D eigenvalue weighted by Crippen LogP contribution is -2.40. The smallest absolute Gasteiger partial charge is 0.361 e. The van der Waals surface area contributed by atoms with Gasteiger partial charge in [0.15, 0.2) is 6.10 Å². The number of ether oxygens (including phenoxy) is 4. The Labute approximate surface area is 370 Å². The van der Waals surface area contributed by atoms with Crippen LogP contribution in [0.5, 0.6) is 0 Å². The van der Waals surface area contributed by atoms with E-state index in [0.29, 0.717) is 23.9 Å². The van der Waals surface area contributed by atoms with E-state index in [4.69, 9.17) is 18.9 Å². The number of carbonyl (C=O) groups is 3. The monoisotopic (exact) mass is 849 g/mol. The Morgan fingerprint density at radius 3 is 1.39 bits per heavy atom. The third kappa shape index (κ3) is 43.6. The van der Waals surface area contributed by atoms with E-state index < -0.39 is 30.3 Å². The number of carboxylic acid groups (broad SMARTS) is 1.